The van der Waals surface area contributed by atoms with Gasteiger partial charge in [0.1, 0.15) is 5.75 Å². The van der Waals surface area contributed by atoms with E-state index in [2.05, 4.69) is 10.2 Å². The predicted octanol–water partition coefficient (Wildman–Crippen LogP) is 3.97. The highest BCUT2D eigenvalue weighted by Crippen LogP contribution is 2.27. The minimum Gasteiger partial charge on any atom is -0.493 e. The first-order valence-electron chi connectivity index (χ1n) is 12.4. The number of nitrogens with one attached hydrogen (secondary N) is 1. The molecule has 3 aromatic rings. The lowest BCUT2D eigenvalue weighted by atomic mass is 10.1. The van der Waals surface area contributed by atoms with E-state index in [1.165, 1.54) is 4.90 Å². The van der Waals surface area contributed by atoms with Crippen LogP contribution in [-0.2, 0) is 17.8 Å². The number of carbonyl (C=O) groups excluding carboxylic acids is 3. The fourth-order valence-electron chi connectivity index (χ4n) is 4.66. The Labute approximate surface area is 215 Å². The molecule has 0 aromatic heterocycles. The monoisotopic (exact) mass is 499 g/mol. The van der Waals surface area contributed by atoms with E-state index in [4.69, 9.17) is 9.47 Å². The third-order valence-corrected chi connectivity index (χ3v) is 6.50. The van der Waals surface area contributed by atoms with Crippen molar-refractivity contribution in [2.45, 2.75) is 20.0 Å². The molecule has 3 aromatic carbocycles. The SMILES string of the molecule is CCOc1ccc(CN2C(=O)c3ccccc3C2=O)cc1C(=O)Nc1cccc(CN2CCOCC2)c1. The van der Waals surface area contributed by atoms with Gasteiger partial charge in [-0.25, -0.2) is 0 Å². The summed E-state index contributed by atoms with van der Waals surface area (Å²) >= 11 is 0. The van der Waals surface area contributed by atoms with Crippen LogP contribution in [0, 0.1) is 0 Å². The quantitative estimate of drug-likeness (QED) is 0.472. The third-order valence-electron chi connectivity index (χ3n) is 6.50. The maximum absolute atomic E-state index is 13.3. The number of carbonyl (C=O) groups is 3. The van der Waals surface area contributed by atoms with Crippen molar-refractivity contribution in [1.29, 1.82) is 0 Å². The maximum atomic E-state index is 13.3. The maximum Gasteiger partial charge on any atom is 0.261 e. The van der Waals surface area contributed by atoms with Crippen molar-refractivity contribution in [3.8, 4) is 5.75 Å². The lowest BCUT2D eigenvalue weighted by molar-refractivity contribution is 0.0342. The van der Waals surface area contributed by atoms with Crippen LogP contribution < -0.4 is 10.1 Å². The van der Waals surface area contributed by atoms with Crippen molar-refractivity contribution in [2.75, 3.05) is 38.2 Å². The number of anilines is 1. The molecule has 0 atom stereocenters. The minimum absolute atomic E-state index is 0.0636. The van der Waals surface area contributed by atoms with Crippen LogP contribution in [0.5, 0.6) is 5.75 Å². The first-order chi connectivity index (χ1) is 18.0. The lowest BCUT2D eigenvalue weighted by Crippen LogP contribution is -2.35. The van der Waals surface area contributed by atoms with Crippen LogP contribution in [0.25, 0.3) is 0 Å². The zero-order valence-electron chi connectivity index (χ0n) is 20.7. The fraction of sp³-hybridized carbons (Fsp3) is 0.276. The summed E-state index contributed by atoms with van der Waals surface area (Å²) < 4.78 is 11.1. The van der Waals surface area contributed by atoms with Crippen LogP contribution >= 0.6 is 0 Å². The van der Waals surface area contributed by atoms with Crippen LogP contribution in [0.4, 0.5) is 5.69 Å². The van der Waals surface area contributed by atoms with Gasteiger partial charge in [0.15, 0.2) is 0 Å². The number of imide groups is 1. The fourth-order valence-corrected chi connectivity index (χ4v) is 4.66. The van der Waals surface area contributed by atoms with Crippen LogP contribution in [-0.4, -0.2) is 60.4 Å². The molecule has 1 N–H and O–H groups in total. The molecule has 0 bridgehead atoms. The second-order valence-corrected chi connectivity index (χ2v) is 9.05. The Morgan fingerprint density at radius 1 is 0.892 bits per heavy atom. The predicted molar refractivity (Wildman–Crippen MR) is 139 cm³/mol. The van der Waals surface area contributed by atoms with E-state index in [-0.39, 0.29) is 24.3 Å². The molecule has 0 saturated carbocycles. The molecule has 0 unspecified atom stereocenters. The third kappa shape index (κ3) is 5.40. The molecular weight excluding hydrogens is 470 g/mol. The molecule has 2 aliphatic heterocycles. The first kappa shape index (κ1) is 24.7. The minimum atomic E-state index is -0.336. The van der Waals surface area contributed by atoms with Gasteiger partial charge >= 0.3 is 0 Å². The van der Waals surface area contributed by atoms with Gasteiger partial charge in [-0.2, -0.15) is 0 Å². The van der Waals surface area contributed by atoms with Gasteiger partial charge in [-0.15, -0.1) is 0 Å². The number of amides is 3. The molecule has 0 aliphatic carbocycles. The molecule has 1 fully saturated rings. The van der Waals surface area contributed by atoms with Crippen LogP contribution in [0.15, 0.2) is 66.7 Å². The molecule has 5 rings (SSSR count). The Hall–Kier alpha value is -4.01. The molecule has 2 aliphatic rings. The van der Waals surface area contributed by atoms with Crippen LogP contribution in [0.1, 0.15) is 49.1 Å². The summed E-state index contributed by atoms with van der Waals surface area (Å²) in [6.07, 6.45) is 0. The van der Waals surface area contributed by atoms with Gasteiger partial charge in [0.2, 0.25) is 0 Å². The molecule has 1 saturated heterocycles. The number of hydrogen-bond acceptors (Lipinski definition) is 6. The van der Waals surface area contributed by atoms with Gasteiger partial charge in [-0.1, -0.05) is 30.3 Å². The molecule has 37 heavy (non-hydrogen) atoms. The lowest BCUT2D eigenvalue weighted by Gasteiger charge is -2.26. The normalized spacial score (nSPS) is 15.5. The summed E-state index contributed by atoms with van der Waals surface area (Å²) in [4.78, 5) is 42.5. The van der Waals surface area contributed by atoms with E-state index in [1.807, 2.05) is 31.2 Å². The molecule has 8 heteroatoms. The van der Waals surface area contributed by atoms with Crippen molar-refractivity contribution in [3.63, 3.8) is 0 Å². The highest BCUT2D eigenvalue weighted by molar-refractivity contribution is 6.21. The molecule has 190 valence electrons. The van der Waals surface area contributed by atoms with E-state index in [9.17, 15) is 14.4 Å². The average molecular weight is 500 g/mol. The molecule has 0 radical (unpaired) electrons. The van der Waals surface area contributed by atoms with Gasteiger partial charge in [0, 0.05) is 25.3 Å². The van der Waals surface area contributed by atoms with Crippen molar-refractivity contribution in [1.82, 2.24) is 9.80 Å². The van der Waals surface area contributed by atoms with E-state index in [0.29, 0.717) is 40.3 Å². The Balaban J connectivity index is 1.33. The second-order valence-electron chi connectivity index (χ2n) is 9.05. The summed E-state index contributed by atoms with van der Waals surface area (Å²) in [7, 11) is 0. The van der Waals surface area contributed by atoms with E-state index < -0.39 is 0 Å². The van der Waals surface area contributed by atoms with Gasteiger partial charge in [-0.05, 0) is 54.4 Å². The van der Waals surface area contributed by atoms with Crippen molar-refractivity contribution in [2.24, 2.45) is 0 Å². The number of rotatable bonds is 8. The van der Waals surface area contributed by atoms with E-state index in [0.717, 1.165) is 38.4 Å². The smallest absolute Gasteiger partial charge is 0.261 e. The Morgan fingerprint density at radius 3 is 2.30 bits per heavy atom. The number of morpholine rings is 1. The van der Waals surface area contributed by atoms with E-state index >= 15 is 0 Å². The van der Waals surface area contributed by atoms with Crippen molar-refractivity contribution >= 4 is 23.4 Å². The van der Waals surface area contributed by atoms with Crippen LogP contribution in [0.2, 0.25) is 0 Å². The average Bonchev–Trinajstić information content (AvgIpc) is 3.15. The van der Waals surface area contributed by atoms with Crippen molar-refractivity contribution < 1.29 is 23.9 Å². The Morgan fingerprint density at radius 2 is 1.59 bits per heavy atom. The standard InChI is InChI=1S/C29H29N3O5/c1-2-37-26-11-10-21(19-32-28(34)23-8-3-4-9-24(23)29(32)35)17-25(26)27(33)30-22-7-5-6-20(16-22)18-31-12-14-36-15-13-31/h3-11,16-17H,2,12-15,18-19H2,1H3,(H,30,33). The second kappa shape index (κ2) is 10.9. The number of ether oxygens (including phenoxy) is 2. The number of benzene rings is 3. The largest absolute Gasteiger partial charge is 0.493 e. The number of fused-ring (bicyclic) bond motifs is 1. The number of nitrogens with zero attached hydrogens (tertiary/aromatic N) is 2. The van der Waals surface area contributed by atoms with E-state index in [1.54, 1.807) is 42.5 Å². The zero-order valence-corrected chi connectivity index (χ0v) is 20.7. The highest BCUT2D eigenvalue weighted by atomic mass is 16.5. The molecule has 8 nitrogen and oxygen atoms in total. The Bertz CT molecular complexity index is 1300. The molecule has 3 amide bonds. The highest BCUT2D eigenvalue weighted by Gasteiger charge is 2.35. The number of hydrogen-bond donors (Lipinski definition) is 1. The van der Waals surface area contributed by atoms with Gasteiger partial charge in [0.25, 0.3) is 17.7 Å². The van der Waals surface area contributed by atoms with Gasteiger partial charge in [-0.3, -0.25) is 24.2 Å². The van der Waals surface area contributed by atoms with Gasteiger partial charge in [0.05, 0.1) is 43.1 Å². The van der Waals surface area contributed by atoms with Gasteiger partial charge < -0.3 is 14.8 Å². The summed E-state index contributed by atoms with van der Waals surface area (Å²) in [5.41, 5.74) is 3.58. The summed E-state index contributed by atoms with van der Waals surface area (Å²) in [6.45, 7) is 6.32. The Kier molecular flexibility index (Phi) is 7.30. The summed E-state index contributed by atoms with van der Waals surface area (Å²) in [6, 6.07) is 19.7. The van der Waals surface area contributed by atoms with Crippen molar-refractivity contribution in [3.05, 3.63) is 94.5 Å². The molecule has 0 spiro atoms. The molecular formula is C29H29N3O5. The van der Waals surface area contributed by atoms with Crippen LogP contribution in [0.3, 0.4) is 0 Å². The topological polar surface area (TPSA) is 88.2 Å². The zero-order chi connectivity index (χ0) is 25.8. The molecule has 2 heterocycles. The summed E-state index contributed by atoms with van der Waals surface area (Å²) in [5.74, 6) is -0.554. The summed E-state index contributed by atoms with van der Waals surface area (Å²) in [5, 5.41) is 2.98. The first-order valence-corrected chi connectivity index (χ1v) is 12.4.